The highest BCUT2D eigenvalue weighted by molar-refractivity contribution is 5.69. The van der Waals surface area contributed by atoms with Crippen LogP contribution in [0.4, 0.5) is 11.5 Å². The predicted octanol–water partition coefficient (Wildman–Crippen LogP) is 3.61. The van der Waals surface area contributed by atoms with Crippen molar-refractivity contribution in [3.05, 3.63) is 58.0 Å². The molecule has 0 saturated carbocycles. The quantitative estimate of drug-likeness (QED) is 0.526. The number of nitro groups is 1. The number of nitrogens with zero attached hydrogens (tertiary/aromatic N) is 5. The Bertz CT molecular complexity index is 906. The summed E-state index contributed by atoms with van der Waals surface area (Å²) in [7, 11) is 0. The van der Waals surface area contributed by atoms with E-state index < -0.39 is 4.92 Å². The molecule has 0 saturated heterocycles. The van der Waals surface area contributed by atoms with Crippen LogP contribution in [0.25, 0.3) is 11.3 Å². The number of hydrogen-bond acceptors (Lipinski definition) is 8. The van der Waals surface area contributed by atoms with Crippen molar-refractivity contribution in [3.8, 4) is 11.3 Å². The summed E-state index contributed by atoms with van der Waals surface area (Å²) in [5, 5.41) is 18.4. The molecule has 3 heterocycles. The van der Waals surface area contributed by atoms with Gasteiger partial charge in [0, 0.05) is 18.5 Å². The minimum atomic E-state index is -0.467. The maximum Gasteiger partial charge on any atom is 0.311 e. The van der Waals surface area contributed by atoms with Crippen LogP contribution < -0.4 is 5.32 Å². The standard InChI is InChI=1S/C17H18N6O3/c1-4-12(16-18-8-5-9-19-16)20-17-14(23(24)25)7-6-13(21-17)15-10(2)22-26-11(15)3/h5-9,12H,4H2,1-3H3,(H,20,21)/t12-/m0/s1. The maximum absolute atomic E-state index is 11.4. The molecule has 9 nitrogen and oxygen atoms in total. The third-order valence-electron chi connectivity index (χ3n) is 3.98. The fourth-order valence-corrected chi connectivity index (χ4v) is 2.70. The second-order valence-electron chi connectivity index (χ2n) is 5.73. The van der Waals surface area contributed by atoms with Crippen molar-refractivity contribution >= 4 is 11.5 Å². The summed E-state index contributed by atoms with van der Waals surface area (Å²) >= 11 is 0. The monoisotopic (exact) mass is 354 g/mol. The molecule has 1 atom stereocenters. The smallest absolute Gasteiger partial charge is 0.311 e. The van der Waals surface area contributed by atoms with Crippen molar-refractivity contribution in [1.82, 2.24) is 20.1 Å². The van der Waals surface area contributed by atoms with Gasteiger partial charge in [-0.05, 0) is 32.4 Å². The van der Waals surface area contributed by atoms with Crippen LogP contribution in [0.2, 0.25) is 0 Å². The molecule has 0 fully saturated rings. The number of anilines is 1. The van der Waals surface area contributed by atoms with Crippen molar-refractivity contribution < 1.29 is 9.45 Å². The molecule has 0 radical (unpaired) electrons. The Hall–Kier alpha value is -3.36. The van der Waals surface area contributed by atoms with Gasteiger partial charge in [0.1, 0.15) is 11.6 Å². The van der Waals surface area contributed by atoms with Gasteiger partial charge in [-0.2, -0.15) is 0 Å². The first-order valence-electron chi connectivity index (χ1n) is 8.13. The van der Waals surface area contributed by atoms with E-state index in [2.05, 4.69) is 25.4 Å². The summed E-state index contributed by atoms with van der Waals surface area (Å²) < 4.78 is 5.17. The topological polar surface area (TPSA) is 120 Å². The Labute approximate surface area is 149 Å². The molecule has 0 spiro atoms. The lowest BCUT2D eigenvalue weighted by atomic mass is 10.1. The molecule has 0 aliphatic heterocycles. The summed E-state index contributed by atoms with van der Waals surface area (Å²) in [6.45, 7) is 5.52. The van der Waals surface area contributed by atoms with Gasteiger partial charge in [-0.3, -0.25) is 10.1 Å². The van der Waals surface area contributed by atoms with E-state index >= 15 is 0 Å². The lowest BCUT2D eigenvalue weighted by Crippen LogP contribution is -2.15. The van der Waals surface area contributed by atoms with E-state index in [0.29, 0.717) is 29.4 Å². The fourth-order valence-electron chi connectivity index (χ4n) is 2.70. The van der Waals surface area contributed by atoms with Crippen molar-refractivity contribution in [3.63, 3.8) is 0 Å². The van der Waals surface area contributed by atoms with E-state index in [1.807, 2.05) is 6.92 Å². The number of nitrogens with one attached hydrogen (secondary N) is 1. The van der Waals surface area contributed by atoms with E-state index in [1.54, 1.807) is 38.4 Å². The second kappa shape index (κ2) is 7.26. The third kappa shape index (κ3) is 3.37. The molecule has 9 heteroatoms. The van der Waals surface area contributed by atoms with E-state index in [1.165, 1.54) is 6.07 Å². The highest BCUT2D eigenvalue weighted by Crippen LogP contribution is 2.32. The molecule has 0 amide bonds. The van der Waals surface area contributed by atoms with Crippen molar-refractivity contribution in [2.24, 2.45) is 0 Å². The van der Waals surface area contributed by atoms with Crippen LogP contribution in [-0.4, -0.2) is 25.0 Å². The third-order valence-corrected chi connectivity index (χ3v) is 3.98. The number of hydrogen-bond donors (Lipinski definition) is 1. The van der Waals surface area contributed by atoms with Crippen LogP contribution >= 0.6 is 0 Å². The van der Waals surface area contributed by atoms with Crippen LogP contribution in [0.3, 0.4) is 0 Å². The summed E-state index contributed by atoms with van der Waals surface area (Å²) in [4.78, 5) is 23.9. The van der Waals surface area contributed by atoms with Gasteiger partial charge >= 0.3 is 5.69 Å². The van der Waals surface area contributed by atoms with Crippen LogP contribution in [-0.2, 0) is 0 Å². The zero-order chi connectivity index (χ0) is 18.7. The average molecular weight is 354 g/mol. The summed E-state index contributed by atoms with van der Waals surface area (Å²) in [6.07, 6.45) is 3.90. The fraction of sp³-hybridized carbons (Fsp3) is 0.294. The van der Waals surface area contributed by atoms with E-state index in [4.69, 9.17) is 4.52 Å². The predicted molar refractivity (Wildman–Crippen MR) is 94.5 cm³/mol. The van der Waals surface area contributed by atoms with Crippen LogP contribution in [0.15, 0.2) is 35.1 Å². The summed E-state index contributed by atoms with van der Waals surface area (Å²) in [5.41, 5.74) is 1.84. The molecular weight excluding hydrogens is 336 g/mol. The van der Waals surface area contributed by atoms with Gasteiger partial charge in [0.25, 0.3) is 0 Å². The highest BCUT2D eigenvalue weighted by Gasteiger charge is 2.23. The summed E-state index contributed by atoms with van der Waals surface area (Å²) in [5.74, 6) is 1.31. The van der Waals surface area contributed by atoms with E-state index in [0.717, 1.165) is 5.56 Å². The van der Waals surface area contributed by atoms with Gasteiger partial charge in [0.2, 0.25) is 5.82 Å². The van der Waals surface area contributed by atoms with Gasteiger partial charge < -0.3 is 9.84 Å². The van der Waals surface area contributed by atoms with Gasteiger partial charge in [-0.25, -0.2) is 15.0 Å². The average Bonchev–Trinajstić information content (AvgIpc) is 2.98. The first kappa shape index (κ1) is 17.5. The number of aromatic nitrogens is 4. The minimum absolute atomic E-state index is 0.116. The Morgan fingerprint density at radius 1 is 1.27 bits per heavy atom. The van der Waals surface area contributed by atoms with E-state index in [-0.39, 0.29) is 17.5 Å². The first-order valence-corrected chi connectivity index (χ1v) is 8.13. The summed E-state index contributed by atoms with van der Waals surface area (Å²) in [6, 6.07) is 4.43. The Balaban J connectivity index is 2.04. The van der Waals surface area contributed by atoms with Gasteiger partial charge in [-0.15, -0.1) is 0 Å². The Kier molecular flexibility index (Phi) is 4.87. The molecule has 3 aromatic heterocycles. The van der Waals surface area contributed by atoms with E-state index in [9.17, 15) is 10.1 Å². The van der Waals surface area contributed by atoms with Crippen molar-refractivity contribution in [2.45, 2.75) is 33.2 Å². The zero-order valence-corrected chi connectivity index (χ0v) is 14.6. The van der Waals surface area contributed by atoms with Gasteiger partial charge in [0.05, 0.1) is 27.9 Å². The molecule has 134 valence electrons. The first-order chi connectivity index (χ1) is 12.5. The lowest BCUT2D eigenvalue weighted by molar-refractivity contribution is -0.384. The zero-order valence-electron chi connectivity index (χ0n) is 14.6. The van der Waals surface area contributed by atoms with Crippen molar-refractivity contribution in [2.75, 3.05) is 5.32 Å². The SMILES string of the molecule is CC[C@H](Nc1nc(-c2c(C)noc2C)ccc1[N+](=O)[O-])c1ncccn1. The van der Waals surface area contributed by atoms with Crippen molar-refractivity contribution in [1.29, 1.82) is 0 Å². The molecule has 0 unspecified atom stereocenters. The van der Waals surface area contributed by atoms with Crippen LogP contribution in [0, 0.1) is 24.0 Å². The molecule has 26 heavy (non-hydrogen) atoms. The molecular formula is C17H18N6O3. The molecule has 3 aromatic rings. The molecule has 0 aliphatic carbocycles. The molecule has 0 bridgehead atoms. The lowest BCUT2D eigenvalue weighted by Gasteiger charge is -2.16. The van der Waals surface area contributed by atoms with Gasteiger partial charge in [-0.1, -0.05) is 12.1 Å². The molecule has 0 aliphatic rings. The molecule has 0 aromatic carbocycles. The highest BCUT2D eigenvalue weighted by atomic mass is 16.6. The maximum atomic E-state index is 11.4. The Morgan fingerprint density at radius 2 is 2.00 bits per heavy atom. The van der Waals surface area contributed by atoms with Crippen LogP contribution in [0.5, 0.6) is 0 Å². The number of pyridine rings is 1. The molecule has 1 N–H and O–H groups in total. The second-order valence-corrected chi connectivity index (χ2v) is 5.73. The molecule has 3 rings (SSSR count). The normalized spacial score (nSPS) is 12.0. The number of rotatable bonds is 6. The van der Waals surface area contributed by atoms with Crippen LogP contribution in [0.1, 0.15) is 36.7 Å². The number of aryl methyl sites for hydroxylation is 2. The van der Waals surface area contributed by atoms with Gasteiger partial charge in [0.15, 0.2) is 0 Å². The Morgan fingerprint density at radius 3 is 2.58 bits per heavy atom. The largest absolute Gasteiger partial charge is 0.361 e. The minimum Gasteiger partial charge on any atom is -0.361 e.